The summed E-state index contributed by atoms with van der Waals surface area (Å²) in [5.41, 5.74) is 5.40. The van der Waals surface area contributed by atoms with E-state index in [9.17, 15) is 5.11 Å². The summed E-state index contributed by atoms with van der Waals surface area (Å²) in [6.07, 6.45) is 2.86. The minimum Gasteiger partial charge on any atom is -0.393 e. The molecule has 0 aliphatic rings. The van der Waals surface area contributed by atoms with Crippen molar-refractivity contribution in [3.63, 3.8) is 0 Å². The van der Waals surface area contributed by atoms with Gasteiger partial charge in [-0.1, -0.05) is 33.6 Å². The number of hydrogen-bond donors (Lipinski definition) is 2. The second kappa shape index (κ2) is 4.73. The fourth-order valence-corrected chi connectivity index (χ4v) is 0.924. The van der Waals surface area contributed by atoms with Gasteiger partial charge in [-0.3, -0.25) is 0 Å². The van der Waals surface area contributed by atoms with E-state index in [1.54, 1.807) is 0 Å². The topological polar surface area (TPSA) is 46.2 Å². The van der Waals surface area contributed by atoms with Crippen LogP contribution in [0.3, 0.4) is 0 Å². The van der Waals surface area contributed by atoms with Crippen LogP contribution in [0.5, 0.6) is 0 Å². The second-order valence-electron chi connectivity index (χ2n) is 3.85. The van der Waals surface area contributed by atoms with Crippen molar-refractivity contribution < 1.29 is 5.11 Å². The standard InChI is InChI=1S/C9H21NO/c1-4-5-6-8(11)9(2,3)7-10/h8,11H,4-7,10H2,1-3H3. The van der Waals surface area contributed by atoms with E-state index < -0.39 is 0 Å². The molecule has 0 aromatic carbocycles. The highest BCUT2D eigenvalue weighted by molar-refractivity contribution is 4.78. The largest absolute Gasteiger partial charge is 0.393 e. The zero-order valence-corrected chi connectivity index (χ0v) is 7.93. The van der Waals surface area contributed by atoms with Crippen molar-refractivity contribution in [2.24, 2.45) is 11.1 Å². The van der Waals surface area contributed by atoms with Crippen LogP contribution in [0.15, 0.2) is 0 Å². The maximum absolute atomic E-state index is 9.63. The number of unbranched alkanes of at least 4 members (excludes halogenated alkanes) is 1. The van der Waals surface area contributed by atoms with Gasteiger partial charge >= 0.3 is 0 Å². The molecule has 2 nitrogen and oxygen atoms in total. The maximum atomic E-state index is 9.63. The third-order valence-corrected chi connectivity index (χ3v) is 2.26. The van der Waals surface area contributed by atoms with Crippen LogP contribution in [0, 0.1) is 5.41 Å². The summed E-state index contributed by atoms with van der Waals surface area (Å²) in [4.78, 5) is 0. The van der Waals surface area contributed by atoms with Crippen LogP contribution in [0.1, 0.15) is 40.0 Å². The third-order valence-electron chi connectivity index (χ3n) is 2.26. The minimum atomic E-state index is -0.243. The highest BCUT2D eigenvalue weighted by Crippen LogP contribution is 2.22. The Kier molecular flexibility index (Phi) is 4.69. The number of rotatable bonds is 5. The Labute approximate surface area is 69.8 Å². The average Bonchev–Trinajstić information content (AvgIpc) is 2.00. The molecule has 0 aromatic rings. The van der Waals surface area contributed by atoms with Crippen LogP contribution >= 0.6 is 0 Å². The normalized spacial score (nSPS) is 15.0. The molecule has 2 heteroatoms. The summed E-state index contributed by atoms with van der Waals surface area (Å²) in [5, 5.41) is 9.63. The monoisotopic (exact) mass is 159 g/mol. The van der Waals surface area contributed by atoms with Crippen molar-refractivity contribution in [1.82, 2.24) is 0 Å². The Balaban J connectivity index is 3.71. The van der Waals surface area contributed by atoms with Gasteiger partial charge in [-0.2, -0.15) is 0 Å². The van der Waals surface area contributed by atoms with Crippen LogP contribution in [-0.4, -0.2) is 17.8 Å². The lowest BCUT2D eigenvalue weighted by Gasteiger charge is -2.28. The molecule has 0 rings (SSSR count). The number of aliphatic hydroxyl groups excluding tert-OH is 1. The van der Waals surface area contributed by atoms with Gasteiger partial charge in [0.1, 0.15) is 0 Å². The molecule has 11 heavy (non-hydrogen) atoms. The molecule has 1 atom stereocenters. The Morgan fingerprint density at radius 2 is 2.00 bits per heavy atom. The van der Waals surface area contributed by atoms with E-state index in [0.717, 1.165) is 19.3 Å². The lowest BCUT2D eigenvalue weighted by molar-refractivity contribution is 0.0472. The Hall–Kier alpha value is -0.0800. The van der Waals surface area contributed by atoms with Crippen molar-refractivity contribution in [3.05, 3.63) is 0 Å². The number of hydrogen-bond acceptors (Lipinski definition) is 2. The zero-order chi connectivity index (χ0) is 8.91. The van der Waals surface area contributed by atoms with Crippen molar-refractivity contribution in [2.45, 2.75) is 46.1 Å². The van der Waals surface area contributed by atoms with E-state index in [1.165, 1.54) is 0 Å². The van der Waals surface area contributed by atoms with Crippen LogP contribution in [-0.2, 0) is 0 Å². The molecule has 0 amide bonds. The smallest absolute Gasteiger partial charge is 0.0603 e. The molecule has 0 fully saturated rings. The van der Waals surface area contributed by atoms with Gasteiger partial charge < -0.3 is 10.8 Å². The van der Waals surface area contributed by atoms with Gasteiger partial charge in [0.05, 0.1) is 6.10 Å². The Bertz CT molecular complexity index is 102. The van der Waals surface area contributed by atoms with E-state index >= 15 is 0 Å². The lowest BCUT2D eigenvalue weighted by Crippen LogP contribution is -2.36. The predicted molar refractivity (Wildman–Crippen MR) is 48.4 cm³/mol. The summed E-state index contributed by atoms with van der Waals surface area (Å²) < 4.78 is 0. The van der Waals surface area contributed by atoms with E-state index in [-0.39, 0.29) is 11.5 Å². The summed E-state index contributed by atoms with van der Waals surface area (Å²) in [7, 11) is 0. The molecule has 0 radical (unpaired) electrons. The van der Waals surface area contributed by atoms with Gasteiger partial charge in [-0.25, -0.2) is 0 Å². The molecule has 0 aromatic heterocycles. The molecule has 68 valence electrons. The predicted octanol–water partition coefficient (Wildman–Crippen LogP) is 1.52. The SMILES string of the molecule is CCCCC(O)C(C)(C)CN. The van der Waals surface area contributed by atoms with Crippen LogP contribution in [0.2, 0.25) is 0 Å². The molecule has 1 unspecified atom stereocenters. The van der Waals surface area contributed by atoms with Crippen molar-refractivity contribution >= 4 is 0 Å². The lowest BCUT2D eigenvalue weighted by atomic mass is 9.84. The summed E-state index contributed by atoms with van der Waals surface area (Å²) in [6, 6.07) is 0. The van der Waals surface area contributed by atoms with Crippen molar-refractivity contribution in [2.75, 3.05) is 6.54 Å². The van der Waals surface area contributed by atoms with Gasteiger partial charge in [0, 0.05) is 5.41 Å². The summed E-state index contributed by atoms with van der Waals surface area (Å²) in [5.74, 6) is 0. The van der Waals surface area contributed by atoms with Gasteiger partial charge in [0.2, 0.25) is 0 Å². The van der Waals surface area contributed by atoms with E-state index in [0.29, 0.717) is 6.54 Å². The fourth-order valence-electron chi connectivity index (χ4n) is 0.924. The van der Waals surface area contributed by atoms with Crippen LogP contribution in [0.25, 0.3) is 0 Å². The average molecular weight is 159 g/mol. The van der Waals surface area contributed by atoms with Crippen LogP contribution in [0.4, 0.5) is 0 Å². The zero-order valence-electron chi connectivity index (χ0n) is 7.93. The van der Waals surface area contributed by atoms with E-state index in [2.05, 4.69) is 6.92 Å². The summed E-state index contributed by atoms with van der Waals surface area (Å²) in [6.45, 7) is 6.70. The molecule has 3 N–H and O–H groups in total. The molecule has 0 saturated heterocycles. The molecule has 0 spiro atoms. The highest BCUT2D eigenvalue weighted by Gasteiger charge is 2.24. The fraction of sp³-hybridized carbons (Fsp3) is 1.00. The van der Waals surface area contributed by atoms with Gasteiger partial charge in [0.15, 0.2) is 0 Å². The first-order valence-corrected chi connectivity index (χ1v) is 4.42. The van der Waals surface area contributed by atoms with Gasteiger partial charge in [-0.05, 0) is 13.0 Å². The Morgan fingerprint density at radius 1 is 1.45 bits per heavy atom. The maximum Gasteiger partial charge on any atom is 0.0603 e. The molecule has 0 heterocycles. The molecular weight excluding hydrogens is 138 g/mol. The minimum absolute atomic E-state index is 0.116. The Morgan fingerprint density at radius 3 is 2.36 bits per heavy atom. The quantitative estimate of drug-likeness (QED) is 0.639. The molecule has 0 saturated carbocycles. The second-order valence-corrected chi connectivity index (χ2v) is 3.85. The first-order chi connectivity index (χ1) is 5.04. The first kappa shape index (κ1) is 10.9. The number of aliphatic hydroxyl groups is 1. The summed E-state index contributed by atoms with van der Waals surface area (Å²) >= 11 is 0. The van der Waals surface area contributed by atoms with E-state index in [1.807, 2.05) is 13.8 Å². The first-order valence-electron chi connectivity index (χ1n) is 4.42. The van der Waals surface area contributed by atoms with Gasteiger partial charge in [-0.15, -0.1) is 0 Å². The van der Waals surface area contributed by atoms with Crippen molar-refractivity contribution in [1.29, 1.82) is 0 Å². The van der Waals surface area contributed by atoms with Gasteiger partial charge in [0.25, 0.3) is 0 Å². The number of nitrogens with two attached hydrogens (primary N) is 1. The van der Waals surface area contributed by atoms with E-state index in [4.69, 9.17) is 5.73 Å². The molecular formula is C9H21NO. The van der Waals surface area contributed by atoms with Crippen molar-refractivity contribution in [3.8, 4) is 0 Å². The highest BCUT2D eigenvalue weighted by atomic mass is 16.3. The molecule has 0 bridgehead atoms. The third kappa shape index (κ3) is 3.73. The molecule has 0 aliphatic carbocycles. The molecule has 0 aliphatic heterocycles. The van der Waals surface area contributed by atoms with Crippen LogP contribution < -0.4 is 5.73 Å².